The number of fused-ring (bicyclic) bond motifs is 1. The Bertz CT molecular complexity index is 1580. The van der Waals surface area contributed by atoms with Crippen LogP contribution in [0.25, 0.3) is 11.5 Å². The number of amides is 3. The molecule has 3 heterocycles. The molecule has 0 radical (unpaired) electrons. The van der Waals surface area contributed by atoms with Crippen LogP contribution in [0.4, 0.5) is 15.3 Å². The van der Waals surface area contributed by atoms with Crippen molar-refractivity contribution in [2.24, 2.45) is 0 Å². The monoisotopic (exact) mass is 649 g/mol. The molecule has 1 saturated carbocycles. The molecule has 6 rings (SSSR count). The minimum atomic E-state index is -1.02. The van der Waals surface area contributed by atoms with Crippen molar-refractivity contribution in [1.29, 1.82) is 0 Å². The second-order valence-corrected chi connectivity index (χ2v) is 13.9. The smallest absolute Gasteiger partial charge is 0.408 e. The maximum absolute atomic E-state index is 14.1. The molecule has 3 amide bonds. The third kappa shape index (κ3) is 7.24. The van der Waals surface area contributed by atoms with E-state index in [2.05, 4.69) is 15.5 Å². The van der Waals surface area contributed by atoms with Crippen LogP contribution in [-0.4, -0.2) is 68.3 Å². The standard InChI is InChI=1S/C33H39N5O7S/c1-33(2,3)45-31(40)34-24-19-46-27-15-12-21(28-35-36-29(44-28)25-9-6-16-37(25)32(41)42)17-26(27)38(30(24)39)18-20-10-13-23(14-11-20)43-22-7-4-5-8-22/h10-15,17,22,24-25H,4-9,16,18-19H2,1-3H3,(H,34,40)(H,41,42)/t24-,25?/m0/s1. The van der Waals surface area contributed by atoms with Gasteiger partial charge in [-0.15, -0.1) is 22.0 Å². The van der Waals surface area contributed by atoms with Gasteiger partial charge in [-0.25, -0.2) is 9.59 Å². The van der Waals surface area contributed by atoms with Crippen LogP contribution in [0.15, 0.2) is 51.8 Å². The number of alkyl carbamates (subject to hydrolysis) is 1. The van der Waals surface area contributed by atoms with Gasteiger partial charge in [-0.2, -0.15) is 0 Å². The number of carbonyl (C=O) groups excluding carboxylic acids is 2. The zero-order valence-corrected chi connectivity index (χ0v) is 27.0. The minimum absolute atomic E-state index is 0.230. The summed E-state index contributed by atoms with van der Waals surface area (Å²) < 4.78 is 17.6. The maximum atomic E-state index is 14.1. The molecule has 0 spiro atoms. The summed E-state index contributed by atoms with van der Waals surface area (Å²) in [6.07, 6.45) is 4.37. The SMILES string of the molecule is CC(C)(C)OC(=O)N[C@H]1CSc2ccc(-c3nnc(C4CCCN4C(=O)O)o3)cc2N(Cc2ccc(OC3CCCC3)cc2)C1=O. The largest absolute Gasteiger partial charge is 0.490 e. The average molecular weight is 650 g/mol. The fraction of sp³-hybridized carbons (Fsp3) is 0.485. The summed E-state index contributed by atoms with van der Waals surface area (Å²) in [6.45, 7) is 5.98. The summed E-state index contributed by atoms with van der Waals surface area (Å²) in [5, 5.41) is 20.8. The lowest BCUT2D eigenvalue weighted by molar-refractivity contribution is -0.120. The number of ether oxygens (including phenoxy) is 2. The number of benzene rings is 2. The molecule has 1 aliphatic carbocycles. The Balaban J connectivity index is 1.28. The van der Waals surface area contributed by atoms with Gasteiger partial charge in [-0.05, 0) is 95.2 Å². The molecule has 0 bridgehead atoms. The second kappa shape index (κ2) is 13.2. The number of rotatable bonds is 7. The zero-order valence-electron chi connectivity index (χ0n) is 26.2. The third-order valence-corrected chi connectivity index (χ3v) is 9.41. The quantitative estimate of drug-likeness (QED) is 0.294. The molecule has 2 atom stereocenters. The van der Waals surface area contributed by atoms with Crippen molar-refractivity contribution in [2.75, 3.05) is 17.2 Å². The summed E-state index contributed by atoms with van der Waals surface area (Å²) in [4.78, 5) is 42.4. The lowest BCUT2D eigenvalue weighted by Gasteiger charge is -2.27. The van der Waals surface area contributed by atoms with Gasteiger partial charge in [0.15, 0.2) is 0 Å². The number of aromatic nitrogens is 2. The van der Waals surface area contributed by atoms with Gasteiger partial charge in [0.05, 0.1) is 18.3 Å². The third-order valence-electron chi connectivity index (χ3n) is 8.25. The van der Waals surface area contributed by atoms with Crippen molar-refractivity contribution in [1.82, 2.24) is 20.4 Å². The first kappa shape index (κ1) is 31.7. The van der Waals surface area contributed by atoms with Gasteiger partial charge in [0, 0.05) is 22.8 Å². The Hall–Kier alpha value is -4.26. The van der Waals surface area contributed by atoms with Crippen LogP contribution < -0.4 is 15.0 Å². The van der Waals surface area contributed by atoms with E-state index in [0.717, 1.165) is 29.1 Å². The van der Waals surface area contributed by atoms with Crippen molar-refractivity contribution in [3.63, 3.8) is 0 Å². The second-order valence-electron chi connectivity index (χ2n) is 12.9. The molecule has 1 saturated heterocycles. The van der Waals surface area contributed by atoms with Crippen LogP contribution in [0, 0.1) is 0 Å². The molecular weight excluding hydrogens is 610 g/mol. The number of carbonyl (C=O) groups is 3. The fourth-order valence-corrected chi connectivity index (χ4v) is 7.10. The maximum Gasteiger partial charge on any atom is 0.408 e. The number of hydrogen-bond donors (Lipinski definition) is 2. The van der Waals surface area contributed by atoms with E-state index in [9.17, 15) is 19.5 Å². The summed E-state index contributed by atoms with van der Waals surface area (Å²) in [7, 11) is 0. The molecule has 2 aromatic carbocycles. The highest BCUT2D eigenvalue weighted by Crippen LogP contribution is 2.39. The number of hydrogen-bond acceptors (Lipinski definition) is 9. The molecule has 13 heteroatoms. The van der Waals surface area contributed by atoms with Gasteiger partial charge in [0.2, 0.25) is 11.8 Å². The normalized spacial score (nSPS) is 20.4. The highest BCUT2D eigenvalue weighted by Gasteiger charge is 2.36. The molecule has 3 aromatic rings. The first-order chi connectivity index (χ1) is 22.0. The Labute approximate surface area is 271 Å². The van der Waals surface area contributed by atoms with Gasteiger partial charge >= 0.3 is 12.2 Å². The van der Waals surface area contributed by atoms with E-state index in [4.69, 9.17) is 13.9 Å². The number of nitrogens with one attached hydrogen (secondary N) is 1. The lowest BCUT2D eigenvalue weighted by Crippen LogP contribution is -2.50. The van der Waals surface area contributed by atoms with Gasteiger partial charge < -0.3 is 29.2 Å². The van der Waals surface area contributed by atoms with E-state index >= 15 is 0 Å². The summed E-state index contributed by atoms with van der Waals surface area (Å²) in [6, 6.07) is 12.0. The van der Waals surface area contributed by atoms with Crippen LogP contribution in [0.3, 0.4) is 0 Å². The number of carboxylic acid groups (broad SMARTS) is 1. The molecule has 46 heavy (non-hydrogen) atoms. The van der Waals surface area contributed by atoms with Gasteiger partial charge in [0.25, 0.3) is 5.91 Å². The van der Waals surface area contributed by atoms with E-state index in [0.29, 0.717) is 36.4 Å². The van der Waals surface area contributed by atoms with Gasteiger partial charge in [0.1, 0.15) is 23.4 Å². The van der Waals surface area contributed by atoms with Crippen molar-refractivity contribution >= 4 is 35.5 Å². The molecule has 2 N–H and O–H groups in total. The topological polar surface area (TPSA) is 147 Å². The Morgan fingerprint density at radius 3 is 2.54 bits per heavy atom. The fourth-order valence-electron chi connectivity index (χ4n) is 6.04. The average Bonchev–Trinajstić information content (AvgIpc) is 3.79. The molecule has 1 unspecified atom stereocenters. The van der Waals surface area contributed by atoms with Crippen molar-refractivity contribution in [3.05, 3.63) is 53.9 Å². The Morgan fingerprint density at radius 2 is 1.83 bits per heavy atom. The Morgan fingerprint density at radius 1 is 1.07 bits per heavy atom. The molecule has 12 nitrogen and oxygen atoms in total. The number of likely N-dealkylation sites (tertiary alicyclic amines) is 1. The first-order valence-electron chi connectivity index (χ1n) is 15.7. The molecule has 1 aromatic heterocycles. The van der Waals surface area contributed by atoms with Crippen LogP contribution >= 0.6 is 11.8 Å². The van der Waals surface area contributed by atoms with E-state index in [-0.39, 0.29) is 30.3 Å². The first-order valence-corrected chi connectivity index (χ1v) is 16.7. The molecule has 2 fully saturated rings. The number of thioether (sulfide) groups is 1. The number of anilines is 1. The van der Waals surface area contributed by atoms with E-state index in [1.54, 1.807) is 25.7 Å². The lowest BCUT2D eigenvalue weighted by atomic mass is 10.1. The van der Waals surface area contributed by atoms with Crippen molar-refractivity contribution in [3.8, 4) is 17.2 Å². The molecular formula is C33H39N5O7S. The van der Waals surface area contributed by atoms with Crippen molar-refractivity contribution < 1.29 is 33.4 Å². The van der Waals surface area contributed by atoms with Crippen LogP contribution in [0.2, 0.25) is 0 Å². The number of nitrogens with zero attached hydrogens (tertiary/aromatic N) is 4. The highest BCUT2D eigenvalue weighted by molar-refractivity contribution is 7.99. The summed E-state index contributed by atoms with van der Waals surface area (Å²) in [5.41, 5.74) is 1.41. The predicted molar refractivity (Wildman–Crippen MR) is 171 cm³/mol. The zero-order chi connectivity index (χ0) is 32.4. The van der Waals surface area contributed by atoms with E-state index in [1.807, 2.05) is 42.5 Å². The molecule has 2 aliphatic heterocycles. The predicted octanol–water partition coefficient (Wildman–Crippen LogP) is 6.41. The highest BCUT2D eigenvalue weighted by atomic mass is 32.2. The van der Waals surface area contributed by atoms with E-state index < -0.39 is 29.9 Å². The van der Waals surface area contributed by atoms with E-state index in [1.165, 1.54) is 29.5 Å². The summed E-state index contributed by atoms with van der Waals surface area (Å²) in [5.74, 6) is 1.31. The van der Waals surface area contributed by atoms with Gasteiger partial charge in [-0.1, -0.05) is 12.1 Å². The van der Waals surface area contributed by atoms with Gasteiger partial charge in [-0.3, -0.25) is 9.69 Å². The summed E-state index contributed by atoms with van der Waals surface area (Å²) >= 11 is 1.46. The van der Waals surface area contributed by atoms with Crippen LogP contribution in [-0.2, 0) is 16.1 Å². The Kier molecular flexibility index (Phi) is 9.12. The van der Waals surface area contributed by atoms with Crippen LogP contribution in [0.5, 0.6) is 5.75 Å². The minimum Gasteiger partial charge on any atom is -0.490 e. The molecule has 3 aliphatic rings. The van der Waals surface area contributed by atoms with Crippen molar-refractivity contribution in [2.45, 2.75) is 94.5 Å². The van der Waals surface area contributed by atoms with Crippen LogP contribution in [0.1, 0.15) is 76.8 Å². The molecule has 244 valence electrons.